The number of nitrogens with zero attached hydrogens (tertiary/aromatic N) is 2. The van der Waals surface area contributed by atoms with Gasteiger partial charge in [-0.05, 0) is 59.9 Å². The van der Waals surface area contributed by atoms with Crippen LogP contribution in [0.2, 0.25) is 5.02 Å². The molecule has 1 aromatic carbocycles. The summed E-state index contributed by atoms with van der Waals surface area (Å²) in [6.45, 7) is 1.21. The minimum Gasteiger partial charge on any atom is -0.354 e. The number of hydrogen-bond donors (Lipinski definition) is 2. The van der Waals surface area contributed by atoms with Crippen molar-refractivity contribution in [2.75, 3.05) is 13.1 Å². The summed E-state index contributed by atoms with van der Waals surface area (Å²) in [5, 5.41) is 6.98. The highest BCUT2D eigenvalue weighted by Gasteiger charge is 2.20. The Morgan fingerprint density at radius 2 is 1.75 bits per heavy atom. The van der Waals surface area contributed by atoms with Crippen LogP contribution in [-0.2, 0) is 17.6 Å². The van der Waals surface area contributed by atoms with Crippen molar-refractivity contribution in [3.05, 3.63) is 95.0 Å². The highest BCUT2D eigenvalue weighted by atomic mass is 35.5. The molecule has 28 heavy (non-hydrogen) atoms. The van der Waals surface area contributed by atoms with Gasteiger partial charge in [0.2, 0.25) is 5.91 Å². The lowest BCUT2D eigenvalue weighted by Crippen LogP contribution is -2.39. The van der Waals surface area contributed by atoms with E-state index in [1.807, 2.05) is 48.7 Å². The first-order chi connectivity index (χ1) is 13.7. The van der Waals surface area contributed by atoms with Gasteiger partial charge in [0, 0.05) is 42.9 Å². The molecule has 5 nitrogen and oxygen atoms in total. The van der Waals surface area contributed by atoms with E-state index in [0.29, 0.717) is 18.1 Å². The van der Waals surface area contributed by atoms with Gasteiger partial charge in [-0.2, -0.15) is 0 Å². The summed E-state index contributed by atoms with van der Waals surface area (Å²) in [6.07, 6.45) is 8.64. The lowest BCUT2D eigenvalue weighted by molar-refractivity contribution is -0.123. The molecule has 0 aliphatic rings. The number of hydrogen-bond acceptors (Lipinski definition) is 4. The van der Waals surface area contributed by atoms with E-state index in [1.54, 1.807) is 24.7 Å². The molecule has 0 spiro atoms. The fraction of sp³-hybridized carbons (Fsp3) is 0.227. The van der Waals surface area contributed by atoms with Gasteiger partial charge >= 0.3 is 0 Å². The Labute approximate surface area is 170 Å². The second-order valence-corrected chi connectivity index (χ2v) is 6.89. The number of amides is 1. The zero-order chi connectivity index (χ0) is 19.6. The second-order valence-electron chi connectivity index (χ2n) is 6.45. The van der Waals surface area contributed by atoms with Gasteiger partial charge in [0.15, 0.2) is 0 Å². The number of rotatable bonds is 9. The van der Waals surface area contributed by atoms with Gasteiger partial charge in [-0.25, -0.2) is 0 Å². The highest BCUT2D eigenvalue weighted by Crippen LogP contribution is 2.18. The van der Waals surface area contributed by atoms with E-state index in [-0.39, 0.29) is 5.91 Å². The summed E-state index contributed by atoms with van der Waals surface area (Å²) in [4.78, 5) is 21.0. The second kappa shape index (κ2) is 10.5. The molecule has 0 radical (unpaired) electrons. The number of halogens is 1. The van der Waals surface area contributed by atoms with Crippen LogP contribution < -0.4 is 10.6 Å². The van der Waals surface area contributed by atoms with Crippen LogP contribution in [0.15, 0.2) is 73.3 Å². The number of nitrogens with one attached hydrogen (secondary N) is 2. The van der Waals surface area contributed by atoms with Gasteiger partial charge in [-0.1, -0.05) is 29.8 Å². The number of aromatic nitrogens is 2. The van der Waals surface area contributed by atoms with Crippen molar-refractivity contribution in [3.63, 3.8) is 0 Å². The third-order valence-electron chi connectivity index (χ3n) is 4.39. The number of pyridine rings is 2. The average molecular weight is 395 g/mol. The number of carbonyl (C=O) groups excluding carboxylic acids is 1. The Balaban J connectivity index is 1.60. The molecule has 2 aromatic heterocycles. The van der Waals surface area contributed by atoms with E-state index >= 15 is 0 Å². The van der Waals surface area contributed by atoms with Crippen LogP contribution in [-0.4, -0.2) is 29.0 Å². The molecular weight excluding hydrogens is 372 g/mol. The largest absolute Gasteiger partial charge is 0.354 e. The highest BCUT2D eigenvalue weighted by molar-refractivity contribution is 6.30. The van der Waals surface area contributed by atoms with Crippen LogP contribution in [0.3, 0.4) is 0 Å². The summed E-state index contributed by atoms with van der Waals surface area (Å²) in [6, 6.07) is 14.8. The van der Waals surface area contributed by atoms with Crippen molar-refractivity contribution < 1.29 is 4.79 Å². The van der Waals surface area contributed by atoms with Crippen molar-refractivity contribution in [3.8, 4) is 0 Å². The summed E-state index contributed by atoms with van der Waals surface area (Å²) >= 11 is 6.13. The van der Waals surface area contributed by atoms with Crippen LogP contribution in [0.1, 0.15) is 22.7 Å². The van der Waals surface area contributed by atoms with Crippen LogP contribution in [0.4, 0.5) is 0 Å². The van der Waals surface area contributed by atoms with Gasteiger partial charge in [0.25, 0.3) is 0 Å². The Hall–Kier alpha value is -2.76. The van der Waals surface area contributed by atoms with Crippen LogP contribution in [0.25, 0.3) is 0 Å². The van der Waals surface area contributed by atoms with Crippen molar-refractivity contribution in [2.45, 2.75) is 18.9 Å². The first-order valence-corrected chi connectivity index (χ1v) is 9.64. The first kappa shape index (κ1) is 20.0. The lowest BCUT2D eigenvalue weighted by atomic mass is 10.1. The molecule has 3 aromatic rings. The molecule has 2 N–H and O–H groups in total. The Morgan fingerprint density at radius 3 is 2.50 bits per heavy atom. The average Bonchev–Trinajstić information content (AvgIpc) is 2.72. The maximum absolute atomic E-state index is 12.8. The van der Waals surface area contributed by atoms with Gasteiger partial charge in [0.05, 0.1) is 0 Å². The minimum atomic E-state index is -0.463. The van der Waals surface area contributed by atoms with Crippen molar-refractivity contribution >= 4 is 17.5 Å². The molecular formula is C22H23ClN4O. The Bertz CT molecular complexity index is 874. The quantitative estimate of drug-likeness (QED) is 0.584. The van der Waals surface area contributed by atoms with Gasteiger partial charge < -0.3 is 10.6 Å². The fourth-order valence-corrected chi connectivity index (χ4v) is 3.14. The first-order valence-electron chi connectivity index (χ1n) is 9.27. The smallest absolute Gasteiger partial charge is 0.241 e. The van der Waals surface area contributed by atoms with Gasteiger partial charge in [0.1, 0.15) is 6.04 Å². The predicted octanol–water partition coefficient (Wildman–Crippen LogP) is 3.36. The summed E-state index contributed by atoms with van der Waals surface area (Å²) in [5.41, 5.74) is 3.11. The van der Waals surface area contributed by atoms with Gasteiger partial charge in [-0.3, -0.25) is 14.8 Å². The molecule has 0 aliphatic heterocycles. The molecule has 6 heteroatoms. The fourth-order valence-electron chi connectivity index (χ4n) is 2.94. The minimum absolute atomic E-state index is 0.0686. The monoisotopic (exact) mass is 394 g/mol. The van der Waals surface area contributed by atoms with Crippen molar-refractivity contribution in [2.24, 2.45) is 0 Å². The van der Waals surface area contributed by atoms with Crippen molar-refractivity contribution in [1.82, 2.24) is 20.6 Å². The predicted molar refractivity (Wildman–Crippen MR) is 111 cm³/mol. The number of benzene rings is 1. The molecule has 0 aliphatic carbocycles. The Kier molecular flexibility index (Phi) is 7.53. The Morgan fingerprint density at radius 1 is 0.929 bits per heavy atom. The summed E-state index contributed by atoms with van der Waals surface area (Å²) in [5.74, 6) is -0.0686. The lowest BCUT2D eigenvalue weighted by Gasteiger charge is -2.19. The SMILES string of the molecule is O=C(NCCc1cccnc1)C(NCCc1ccncc1)c1cccc(Cl)c1. The normalized spacial score (nSPS) is 11.8. The molecule has 2 heterocycles. The van der Waals surface area contributed by atoms with E-state index in [2.05, 4.69) is 20.6 Å². The molecule has 1 unspecified atom stereocenters. The molecule has 3 rings (SSSR count). The third-order valence-corrected chi connectivity index (χ3v) is 4.63. The van der Waals surface area contributed by atoms with Crippen LogP contribution in [0, 0.1) is 0 Å². The molecule has 0 fully saturated rings. The standard InChI is InChI=1S/C22H23ClN4O/c23-20-5-1-4-19(15-20)21(26-13-8-17-6-11-24-12-7-17)22(28)27-14-9-18-3-2-10-25-16-18/h1-7,10-12,15-16,21,26H,8-9,13-14H2,(H,27,28). The van der Waals surface area contributed by atoms with Crippen LogP contribution in [0.5, 0.6) is 0 Å². The van der Waals surface area contributed by atoms with E-state index in [4.69, 9.17) is 11.6 Å². The molecule has 144 valence electrons. The zero-order valence-corrected chi connectivity index (χ0v) is 16.3. The molecule has 0 saturated carbocycles. The van der Waals surface area contributed by atoms with E-state index in [9.17, 15) is 4.79 Å². The van der Waals surface area contributed by atoms with Gasteiger partial charge in [-0.15, -0.1) is 0 Å². The summed E-state index contributed by atoms with van der Waals surface area (Å²) in [7, 11) is 0. The summed E-state index contributed by atoms with van der Waals surface area (Å²) < 4.78 is 0. The van der Waals surface area contributed by atoms with Crippen LogP contribution >= 0.6 is 11.6 Å². The molecule has 0 saturated heterocycles. The molecule has 1 atom stereocenters. The number of carbonyl (C=O) groups is 1. The zero-order valence-electron chi connectivity index (χ0n) is 15.5. The maximum Gasteiger partial charge on any atom is 0.241 e. The maximum atomic E-state index is 12.8. The van der Waals surface area contributed by atoms with E-state index in [1.165, 1.54) is 5.56 Å². The molecule has 0 bridgehead atoms. The third kappa shape index (κ3) is 6.15. The topological polar surface area (TPSA) is 66.9 Å². The van der Waals surface area contributed by atoms with E-state index in [0.717, 1.165) is 24.0 Å². The van der Waals surface area contributed by atoms with E-state index < -0.39 is 6.04 Å². The molecule has 1 amide bonds. The van der Waals surface area contributed by atoms with Crippen molar-refractivity contribution in [1.29, 1.82) is 0 Å².